The summed E-state index contributed by atoms with van der Waals surface area (Å²) in [5.74, 6) is 0.851. The fraction of sp³-hybridized carbons (Fsp3) is 0.333. The number of morpholine rings is 1. The number of halogens is 1. The van der Waals surface area contributed by atoms with Gasteiger partial charge in [0.05, 0.1) is 20.3 Å². The molecule has 0 N–H and O–H groups in total. The van der Waals surface area contributed by atoms with E-state index in [-0.39, 0.29) is 0 Å². The molecule has 0 atom stereocenters. The first-order valence-electron chi connectivity index (χ1n) is 6.38. The maximum absolute atomic E-state index is 6.28. The zero-order chi connectivity index (χ0) is 13.2. The van der Waals surface area contributed by atoms with E-state index in [0.29, 0.717) is 0 Å². The number of benzene rings is 2. The lowest BCUT2D eigenvalue weighted by molar-refractivity contribution is 0.123. The molecule has 100 valence electrons. The van der Waals surface area contributed by atoms with Gasteiger partial charge in [0.25, 0.3) is 0 Å². The zero-order valence-electron chi connectivity index (χ0n) is 10.9. The van der Waals surface area contributed by atoms with Gasteiger partial charge in [-0.05, 0) is 30.3 Å². The molecule has 3 rings (SSSR count). The molecule has 0 unspecified atom stereocenters. The topological polar surface area (TPSA) is 21.7 Å². The van der Waals surface area contributed by atoms with E-state index in [1.807, 2.05) is 24.3 Å². The molecule has 1 aliphatic rings. The first kappa shape index (κ1) is 12.6. The molecular weight excluding hydrogens is 262 g/mol. The summed E-state index contributed by atoms with van der Waals surface area (Å²) in [6.07, 6.45) is 0. The summed E-state index contributed by atoms with van der Waals surface area (Å²) in [6, 6.07) is 10.0. The summed E-state index contributed by atoms with van der Waals surface area (Å²) in [4.78, 5) is 2.33. The summed E-state index contributed by atoms with van der Waals surface area (Å²) in [5, 5.41) is 2.97. The summed E-state index contributed by atoms with van der Waals surface area (Å²) in [7, 11) is 1.68. The van der Waals surface area contributed by atoms with Crippen LogP contribution in [0.25, 0.3) is 10.8 Å². The van der Waals surface area contributed by atoms with Gasteiger partial charge in [-0.2, -0.15) is 0 Å². The number of rotatable bonds is 2. The van der Waals surface area contributed by atoms with Crippen molar-refractivity contribution in [3.8, 4) is 5.75 Å². The number of methoxy groups -OCH3 is 1. The van der Waals surface area contributed by atoms with Crippen molar-refractivity contribution in [2.75, 3.05) is 38.3 Å². The van der Waals surface area contributed by atoms with Gasteiger partial charge >= 0.3 is 0 Å². The third-order valence-electron chi connectivity index (χ3n) is 3.50. The standard InChI is InChI=1S/C15H16ClNO2/c1-18-11-2-3-12-13(10-11)15(5-4-14(12)16)17-6-8-19-9-7-17/h2-5,10H,6-9H2,1H3. The Kier molecular flexibility index (Phi) is 3.49. The number of fused-ring (bicyclic) bond motifs is 1. The van der Waals surface area contributed by atoms with Crippen molar-refractivity contribution in [3.63, 3.8) is 0 Å². The molecule has 1 heterocycles. The Morgan fingerprint density at radius 3 is 2.63 bits per heavy atom. The maximum Gasteiger partial charge on any atom is 0.119 e. The molecule has 0 aromatic heterocycles. The molecule has 0 bridgehead atoms. The molecule has 19 heavy (non-hydrogen) atoms. The molecule has 0 saturated carbocycles. The lowest BCUT2D eigenvalue weighted by Gasteiger charge is -2.30. The highest BCUT2D eigenvalue weighted by Crippen LogP contribution is 2.34. The van der Waals surface area contributed by atoms with Crippen molar-refractivity contribution in [2.24, 2.45) is 0 Å². The van der Waals surface area contributed by atoms with E-state index >= 15 is 0 Å². The van der Waals surface area contributed by atoms with Crippen LogP contribution in [0.5, 0.6) is 5.75 Å². The van der Waals surface area contributed by atoms with Crippen LogP contribution >= 0.6 is 11.6 Å². The molecule has 2 aromatic rings. The largest absolute Gasteiger partial charge is 0.497 e. The SMILES string of the molecule is COc1ccc2c(Cl)ccc(N3CCOCC3)c2c1. The summed E-state index contributed by atoms with van der Waals surface area (Å²) < 4.78 is 10.7. The van der Waals surface area contributed by atoms with Crippen LogP contribution in [-0.4, -0.2) is 33.4 Å². The molecular formula is C15H16ClNO2. The van der Waals surface area contributed by atoms with Crippen molar-refractivity contribution in [1.29, 1.82) is 0 Å². The van der Waals surface area contributed by atoms with E-state index in [1.165, 1.54) is 5.69 Å². The second kappa shape index (κ2) is 5.27. The molecule has 0 radical (unpaired) electrons. The van der Waals surface area contributed by atoms with Gasteiger partial charge in [0.15, 0.2) is 0 Å². The highest BCUT2D eigenvalue weighted by Gasteiger charge is 2.15. The van der Waals surface area contributed by atoms with E-state index < -0.39 is 0 Å². The van der Waals surface area contributed by atoms with Crippen molar-refractivity contribution < 1.29 is 9.47 Å². The molecule has 1 aliphatic heterocycles. The summed E-state index contributed by atoms with van der Waals surface area (Å²) >= 11 is 6.28. The minimum Gasteiger partial charge on any atom is -0.497 e. The van der Waals surface area contributed by atoms with Crippen molar-refractivity contribution in [3.05, 3.63) is 35.4 Å². The minimum absolute atomic E-state index is 0.772. The van der Waals surface area contributed by atoms with Crippen LogP contribution in [0.4, 0.5) is 5.69 Å². The first-order chi connectivity index (χ1) is 9.29. The third kappa shape index (κ3) is 2.36. The lowest BCUT2D eigenvalue weighted by Crippen LogP contribution is -2.36. The second-order valence-corrected chi connectivity index (χ2v) is 4.98. The van der Waals surface area contributed by atoms with Crippen LogP contribution in [0, 0.1) is 0 Å². The molecule has 4 heteroatoms. The quantitative estimate of drug-likeness (QED) is 0.840. The van der Waals surface area contributed by atoms with E-state index in [0.717, 1.165) is 47.8 Å². The van der Waals surface area contributed by atoms with Gasteiger partial charge in [-0.1, -0.05) is 11.6 Å². The number of hydrogen-bond acceptors (Lipinski definition) is 3. The van der Waals surface area contributed by atoms with E-state index in [4.69, 9.17) is 21.1 Å². The summed E-state index contributed by atoms with van der Waals surface area (Å²) in [5.41, 5.74) is 1.20. The Morgan fingerprint density at radius 1 is 1.11 bits per heavy atom. The van der Waals surface area contributed by atoms with E-state index in [1.54, 1.807) is 7.11 Å². The molecule has 3 nitrogen and oxygen atoms in total. The zero-order valence-corrected chi connectivity index (χ0v) is 11.6. The first-order valence-corrected chi connectivity index (χ1v) is 6.76. The van der Waals surface area contributed by atoms with Gasteiger partial charge in [-0.15, -0.1) is 0 Å². The Morgan fingerprint density at radius 2 is 1.89 bits per heavy atom. The second-order valence-electron chi connectivity index (χ2n) is 4.58. The number of ether oxygens (including phenoxy) is 2. The normalized spacial score (nSPS) is 15.8. The third-order valence-corrected chi connectivity index (χ3v) is 3.83. The average molecular weight is 278 g/mol. The van der Waals surface area contributed by atoms with Crippen LogP contribution in [-0.2, 0) is 4.74 Å². The van der Waals surface area contributed by atoms with Crippen molar-refractivity contribution in [1.82, 2.24) is 0 Å². The van der Waals surface area contributed by atoms with Crippen molar-refractivity contribution in [2.45, 2.75) is 0 Å². The fourth-order valence-corrected chi connectivity index (χ4v) is 2.71. The molecule has 1 fully saturated rings. The Balaban J connectivity index is 2.14. The average Bonchev–Trinajstić information content (AvgIpc) is 2.48. The van der Waals surface area contributed by atoms with Crippen LogP contribution < -0.4 is 9.64 Å². The van der Waals surface area contributed by atoms with Gasteiger partial charge in [-0.25, -0.2) is 0 Å². The smallest absolute Gasteiger partial charge is 0.119 e. The molecule has 0 amide bonds. The predicted octanol–water partition coefficient (Wildman–Crippen LogP) is 3.34. The van der Waals surface area contributed by atoms with Crippen LogP contribution in [0.2, 0.25) is 5.02 Å². The number of anilines is 1. The Hall–Kier alpha value is -1.45. The highest BCUT2D eigenvalue weighted by atomic mass is 35.5. The van der Waals surface area contributed by atoms with Gasteiger partial charge in [-0.3, -0.25) is 0 Å². The van der Waals surface area contributed by atoms with Gasteiger partial charge in [0.1, 0.15) is 5.75 Å². The lowest BCUT2D eigenvalue weighted by atomic mass is 10.1. The Bertz CT molecular complexity index is 594. The summed E-state index contributed by atoms with van der Waals surface area (Å²) in [6.45, 7) is 3.37. The van der Waals surface area contributed by atoms with Crippen LogP contribution in [0.1, 0.15) is 0 Å². The fourth-order valence-electron chi connectivity index (χ4n) is 2.48. The molecule has 0 spiro atoms. The number of hydrogen-bond donors (Lipinski definition) is 0. The number of nitrogens with zero attached hydrogens (tertiary/aromatic N) is 1. The molecule has 1 saturated heterocycles. The van der Waals surface area contributed by atoms with Gasteiger partial charge < -0.3 is 14.4 Å². The van der Waals surface area contributed by atoms with E-state index in [9.17, 15) is 0 Å². The highest BCUT2D eigenvalue weighted by molar-refractivity contribution is 6.36. The molecule has 0 aliphatic carbocycles. The van der Waals surface area contributed by atoms with Gasteiger partial charge in [0, 0.05) is 34.6 Å². The predicted molar refractivity (Wildman–Crippen MR) is 78.5 cm³/mol. The molecule has 2 aromatic carbocycles. The van der Waals surface area contributed by atoms with Gasteiger partial charge in [0.2, 0.25) is 0 Å². The Labute approximate surface area is 117 Å². The van der Waals surface area contributed by atoms with Crippen LogP contribution in [0.3, 0.4) is 0 Å². The van der Waals surface area contributed by atoms with Crippen molar-refractivity contribution >= 4 is 28.1 Å². The maximum atomic E-state index is 6.28. The van der Waals surface area contributed by atoms with E-state index in [2.05, 4.69) is 11.0 Å². The van der Waals surface area contributed by atoms with Crippen LogP contribution in [0.15, 0.2) is 30.3 Å². The minimum atomic E-state index is 0.772. The monoisotopic (exact) mass is 277 g/mol.